The lowest BCUT2D eigenvalue weighted by atomic mass is 10.1. The van der Waals surface area contributed by atoms with Gasteiger partial charge in [0.05, 0.1) is 0 Å². The number of rotatable bonds is 7. The van der Waals surface area contributed by atoms with Crippen LogP contribution in [0, 0.1) is 0 Å². The number of aromatic amines is 1. The minimum atomic E-state index is 0.479. The minimum Gasteiger partial charge on any atom is -0.383 e. The highest BCUT2D eigenvalue weighted by molar-refractivity contribution is 5.61. The molecule has 0 spiro atoms. The van der Waals surface area contributed by atoms with Crippen LogP contribution in [0.4, 0.5) is 5.69 Å². The van der Waals surface area contributed by atoms with Crippen molar-refractivity contribution in [3.63, 3.8) is 0 Å². The smallest absolute Gasteiger partial charge is 0.204 e. The van der Waals surface area contributed by atoms with Crippen LogP contribution in [0.15, 0.2) is 24.3 Å². The Bertz CT molecular complexity index is 480. The van der Waals surface area contributed by atoms with Gasteiger partial charge in [0, 0.05) is 17.3 Å². The Morgan fingerprint density at radius 2 is 2.21 bits per heavy atom. The maximum atomic E-state index is 3.99. The summed E-state index contributed by atoms with van der Waals surface area (Å²) in [5.74, 6) is 0.627. The van der Waals surface area contributed by atoms with E-state index in [0.717, 1.165) is 11.3 Å². The summed E-state index contributed by atoms with van der Waals surface area (Å²) in [6, 6.07) is 8.60. The molecule has 1 aromatic carbocycles. The molecule has 0 saturated carbocycles. The van der Waals surface area contributed by atoms with Crippen molar-refractivity contribution in [3.05, 3.63) is 24.3 Å². The van der Waals surface area contributed by atoms with Gasteiger partial charge in [-0.25, -0.2) is 0 Å². The fraction of sp³-hybridized carbons (Fsp3) is 0.500. The highest BCUT2D eigenvalue weighted by Gasteiger charge is 2.05. The van der Waals surface area contributed by atoms with E-state index in [4.69, 9.17) is 0 Å². The van der Waals surface area contributed by atoms with Gasteiger partial charge in [-0.1, -0.05) is 38.3 Å². The molecule has 0 aliphatic carbocycles. The van der Waals surface area contributed by atoms with Crippen LogP contribution < -0.4 is 5.32 Å². The Labute approximate surface area is 113 Å². The molecule has 5 nitrogen and oxygen atoms in total. The predicted molar refractivity (Wildman–Crippen MR) is 76.8 cm³/mol. The first-order chi connectivity index (χ1) is 9.29. The summed E-state index contributed by atoms with van der Waals surface area (Å²) in [5, 5.41) is 17.6. The number of anilines is 1. The fourth-order valence-corrected chi connectivity index (χ4v) is 2.09. The van der Waals surface area contributed by atoms with E-state index in [9.17, 15) is 0 Å². The standard InChI is InChI=1S/C14H21N5/c1-3-4-5-7-11(2)15-13-9-6-8-12(10-13)14-16-18-19-17-14/h6,8-11,15H,3-5,7H2,1-2H3,(H,16,17,18,19). The van der Waals surface area contributed by atoms with Gasteiger partial charge in [0.15, 0.2) is 0 Å². The molecular weight excluding hydrogens is 238 g/mol. The number of hydrogen-bond acceptors (Lipinski definition) is 4. The maximum Gasteiger partial charge on any atom is 0.204 e. The number of nitrogens with one attached hydrogen (secondary N) is 2. The van der Waals surface area contributed by atoms with Gasteiger partial charge in [-0.05, 0) is 30.7 Å². The molecule has 1 aromatic heterocycles. The SMILES string of the molecule is CCCCCC(C)Nc1cccc(-c2nn[nH]n2)c1. The van der Waals surface area contributed by atoms with Crippen LogP contribution in [0.5, 0.6) is 0 Å². The topological polar surface area (TPSA) is 66.5 Å². The monoisotopic (exact) mass is 259 g/mol. The Hall–Kier alpha value is -1.91. The van der Waals surface area contributed by atoms with Crippen LogP contribution in [-0.2, 0) is 0 Å². The highest BCUT2D eigenvalue weighted by atomic mass is 15.5. The molecule has 0 radical (unpaired) electrons. The Morgan fingerprint density at radius 1 is 1.32 bits per heavy atom. The second kappa shape index (κ2) is 6.87. The fourth-order valence-electron chi connectivity index (χ4n) is 2.09. The summed E-state index contributed by atoms with van der Waals surface area (Å²) in [4.78, 5) is 0. The largest absolute Gasteiger partial charge is 0.383 e. The quantitative estimate of drug-likeness (QED) is 0.749. The zero-order valence-corrected chi connectivity index (χ0v) is 11.6. The summed E-state index contributed by atoms with van der Waals surface area (Å²) in [5.41, 5.74) is 2.07. The van der Waals surface area contributed by atoms with Crippen LogP contribution in [-0.4, -0.2) is 26.7 Å². The number of tetrazole rings is 1. The molecule has 2 N–H and O–H groups in total. The first-order valence-corrected chi connectivity index (χ1v) is 6.90. The van der Waals surface area contributed by atoms with Crippen LogP contribution in [0.25, 0.3) is 11.4 Å². The zero-order chi connectivity index (χ0) is 13.5. The van der Waals surface area contributed by atoms with E-state index in [1.165, 1.54) is 25.7 Å². The minimum absolute atomic E-state index is 0.479. The van der Waals surface area contributed by atoms with E-state index >= 15 is 0 Å². The van der Waals surface area contributed by atoms with Crippen molar-refractivity contribution < 1.29 is 0 Å². The van der Waals surface area contributed by atoms with E-state index in [1.807, 2.05) is 12.1 Å². The van der Waals surface area contributed by atoms with Crippen LogP contribution in [0.2, 0.25) is 0 Å². The highest BCUT2D eigenvalue weighted by Crippen LogP contribution is 2.19. The number of unbranched alkanes of at least 4 members (excludes halogenated alkanes) is 2. The van der Waals surface area contributed by atoms with Crippen molar-refractivity contribution in [2.24, 2.45) is 0 Å². The molecule has 0 aliphatic rings. The Kier molecular flexibility index (Phi) is 4.89. The first-order valence-electron chi connectivity index (χ1n) is 6.90. The molecule has 0 aliphatic heterocycles. The number of benzene rings is 1. The molecule has 0 amide bonds. The van der Waals surface area contributed by atoms with Crippen molar-refractivity contribution >= 4 is 5.69 Å². The van der Waals surface area contributed by atoms with Crippen LogP contribution in [0.3, 0.4) is 0 Å². The summed E-state index contributed by atoms with van der Waals surface area (Å²) >= 11 is 0. The van der Waals surface area contributed by atoms with E-state index in [-0.39, 0.29) is 0 Å². The summed E-state index contributed by atoms with van der Waals surface area (Å²) < 4.78 is 0. The summed E-state index contributed by atoms with van der Waals surface area (Å²) in [7, 11) is 0. The van der Waals surface area contributed by atoms with Gasteiger partial charge in [-0.2, -0.15) is 5.21 Å². The second-order valence-corrected chi connectivity index (χ2v) is 4.86. The molecular formula is C14H21N5. The number of nitrogens with zero attached hydrogens (tertiary/aromatic N) is 3. The third kappa shape index (κ3) is 4.05. The number of H-pyrrole nitrogens is 1. The van der Waals surface area contributed by atoms with Crippen LogP contribution >= 0.6 is 0 Å². The van der Waals surface area contributed by atoms with Gasteiger partial charge in [0.2, 0.25) is 5.82 Å². The van der Waals surface area contributed by atoms with Gasteiger partial charge in [0.25, 0.3) is 0 Å². The van der Waals surface area contributed by atoms with Crippen LogP contribution in [0.1, 0.15) is 39.5 Å². The third-order valence-electron chi connectivity index (χ3n) is 3.12. The maximum absolute atomic E-state index is 3.99. The van der Waals surface area contributed by atoms with Gasteiger partial charge in [-0.3, -0.25) is 0 Å². The Balaban J connectivity index is 1.95. The molecule has 102 valence electrons. The number of aromatic nitrogens is 4. The molecule has 2 rings (SSSR count). The summed E-state index contributed by atoms with van der Waals surface area (Å²) in [6.07, 6.45) is 5.03. The van der Waals surface area contributed by atoms with Crippen molar-refractivity contribution in [2.75, 3.05) is 5.32 Å². The van der Waals surface area contributed by atoms with Crippen molar-refractivity contribution in [3.8, 4) is 11.4 Å². The van der Waals surface area contributed by atoms with Gasteiger partial charge < -0.3 is 5.32 Å². The van der Waals surface area contributed by atoms with Gasteiger partial charge in [0.1, 0.15) is 0 Å². The lowest BCUT2D eigenvalue weighted by Gasteiger charge is -2.15. The average molecular weight is 259 g/mol. The third-order valence-corrected chi connectivity index (χ3v) is 3.12. The lowest BCUT2D eigenvalue weighted by Crippen LogP contribution is -2.14. The lowest BCUT2D eigenvalue weighted by molar-refractivity contribution is 0.615. The molecule has 0 bridgehead atoms. The van der Waals surface area contributed by atoms with Crippen molar-refractivity contribution in [1.82, 2.24) is 20.6 Å². The van der Waals surface area contributed by atoms with E-state index in [1.54, 1.807) is 0 Å². The first kappa shape index (κ1) is 13.5. The average Bonchev–Trinajstić information content (AvgIpc) is 2.93. The normalized spacial score (nSPS) is 12.3. The van der Waals surface area contributed by atoms with E-state index in [2.05, 4.69) is 51.9 Å². The van der Waals surface area contributed by atoms with Gasteiger partial charge in [-0.15, -0.1) is 10.2 Å². The molecule has 1 heterocycles. The molecule has 19 heavy (non-hydrogen) atoms. The molecule has 1 atom stereocenters. The van der Waals surface area contributed by atoms with E-state index in [0.29, 0.717) is 11.9 Å². The molecule has 1 unspecified atom stereocenters. The molecule has 2 aromatic rings. The predicted octanol–water partition coefficient (Wildman–Crippen LogP) is 3.25. The molecule has 0 fully saturated rings. The summed E-state index contributed by atoms with van der Waals surface area (Å²) in [6.45, 7) is 4.45. The Morgan fingerprint density at radius 3 is 2.95 bits per heavy atom. The molecule has 0 saturated heterocycles. The van der Waals surface area contributed by atoms with Crippen molar-refractivity contribution in [2.45, 2.75) is 45.6 Å². The molecule has 5 heteroatoms. The van der Waals surface area contributed by atoms with E-state index < -0.39 is 0 Å². The van der Waals surface area contributed by atoms with Crippen molar-refractivity contribution in [1.29, 1.82) is 0 Å². The zero-order valence-electron chi connectivity index (χ0n) is 11.6. The van der Waals surface area contributed by atoms with Gasteiger partial charge >= 0.3 is 0 Å². The number of hydrogen-bond donors (Lipinski definition) is 2. The second-order valence-electron chi connectivity index (χ2n) is 4.86.